The highest BCUT2D eigenvalue weighted by atomic mass is 19.1. The molecule has 0 aromatic heterocycles. The molecule has 2 aromatic carbocycles. The molecule has 24 heavy (non-hydrogen) atoms. The highest BCUT2D eigenvalue weighted by Gasteiger charge is 2.23. The molecule has 2 rings (SSSR count). The number of nitrogens with zero attached hydrogens (tertiary/aromatic N) is 1. The van der Waals surface area contributed by atoms with Gasteiger partial charge in [-0.2, -0.15) is 0 Å². The van der Waals surface area contributed by atoms with Crippen LogP contribution in [-0.4, -0.2) is 24.9 Å². The average molecular weight is 331 g/mol. The topological polar surface area (TPSA) is 78.7 Å². The Morgan fingerprint density at radius 2 is 1.79 bits per heavy atom. The van der Waals surface area contributed by atoms with Gasteiger partial charge in [-0.1, -0.05) is 18.2 Å². The number of nitro groups is 1. The zero-order chi connectivity index (χ0) is 17.7. The lowest BCUT2D eigenvalue weighted by molar-refractivity contribution is -0.385. The molecule has 124 valence electrons. The van der Waals surface area contributed by atoms with Crippen molar-refractivity contribution in [2.24, 2.45) is 0 Å². The predicted molar refractivity (Wildman–Crippen MR) is 86.0 cm³/mol. The summed E-state index contributed by atoms with van der Waals surface area (Å²) in [6.45, 7) is 0. The van der Waals surface area contributed by atoms with Gasteiger partial charge in [0.2, 0.25) is 0 Å². The fourth-order valence-corrected chi connectivity index (χ4v) is 2.08. The first-order valence-corrected chi connectivity index (χ1v) is 6.85. The number of carbonyl (C=O) groups excluding carboxylic acids is 1. The van der Waals surface area contributed by atoms with Gasteiger partial charge in [-0.05, 0) is 18.2 Å². The molecule has 0 N–H and O–H groups in total. The van der Waals surface area contributed by atoms with Crippen LogP contribution < -0.4 is 9.47 Å². The SMILES string of the molecule is COc1cc(C(=O)C=Cc2ccccc2F)c([N+](=O)[O-])cc1OC. The van der Waals surface area contributed by atoms with Crippen LogP contribution in [-0.2, 0) is 0 Å². The van der Waals surface area contributed by atoms with Crippen LogP contribution in [0.15, 0.2) is 42.5 Å². The third-order valence-corrected chi connectivity index (χ3v) is 3.28. The van der Waals surface area contributed by atoms with E-state index < -0.39 is 22.2 Å². The second-order valence-corrected chi connectivity index (χ2v) is 4.70. The van der Waals surface area contributed by atoms with Gasteiger partial charge >= 0.3 is 0 Å². The first kappa shape index (κ1) is 17.1. The maximum absolute atomic E-state index is 13.6. The van der Waals surface area contributed by atoms with Gasteiger partial charge in [0.1, 0.15) is 11.4 Å². The van der Waals surface area contributed by atoms with E-state index in [0.717, 1.165) is 12.1 Å². The Labute approximate surface area is 137 Å². The maximum Gasteiger partial charge on any atom is 0.284 e. The Morgan fingerprint density at radius 3 is 2.38 bits per heavy atom. The van der Waals surface area contributed by atoms with E-state index in [1.807, 2.05) is 0 Å². The van der Waals surface area contributed by atoms with Crippen LogP contribution in [0.1, 0.15) is 15.9 Å². The monoisotopic (exact) mass is 331 g/mol. The standard InChI is InChI=1S/C17H14FNO5/c1-23-16-9-12(14(19(21)22)10-17(16)24-2)15(20)8-7-11-5-3-4-6-13(11)18/h3-10H,1-2H3. The molecule has 0 radical (unpaired) electrons. The molecule has 0 aliphatic carbocycles. The lowest BCUT2D eigenvalue weighted by Gasteiger charge is -2.09. The number of allylic oxidation sites excluding steroid dienone is 1. The molecule has 0 saturated carbocycles. The van der Waals surface area contributed by atoms with E-state index in [4.69, 9.17) is 9.47 Å². The molecule has 0 heterocycles. The van der Waals surface area contributed by atoms with Gasteiger partial charge in [0, 0.05) is 11.6 Å². The van der Waals surface area contributed by atoms with Crippen molar-refractivity contribution in [1.82, 2.24) is 0 Å². The Kier molecular flexibility index (Phi) is 5.26. The molecular weight excluding hydrogens is 317 g/mol. The first-order valence-electron chi connectivity index (χ1n) is 6.85. The van der Waals surface area contributed by atoms with Crippen LogP contribution in [0.3, 0.4) is 0 Å². The molecule has 0 unspecified atom stereocenters. The van der Waals surface area contributed by atoms with Crippen molar-refractivity contribution in [2.75, 3.05) is 14.2 Å². The van der Waals surface area contributed by atoms with Gasteiger partial charge in [-0.15, -0.1) is 0 Å². The van der Waals surface area contributed by atoms with Crippen molar-refractivity contribution in [1.29, 1.82) is 0 Å². The Balaban J connectivity index is 2.44. The fraction of sp³-hybridized carbons (Fsp3) is 0.118. The van der Waals surface area contributed by atoms with Crippen LogP contribution in [0, 0.1) is 15.9 Å². The summed E-state index contributed by atoms with van der Waals surface area (Å²) in [5.41, 5.74) is -0.393. The normalized spacial score (nSPS) is 10.6. The van der Waals surface area contributed by atoms with Crippen LogP contribution in [0.25, 0.3) is 6.08 Å². The summed E-state index contributed by atoms with van der Waals surface area (Å²) in [7, 11) is 2.69. The number of ketones is 1. The van der Waals surface area contributed by atoms with Crippen molar-refractivity contribution in [2.45, 2.75) is 0 Å². The smallest absolute Gasteiger partial charge is 0.284 e. The average Bonchev–Trinajstić information content (AvgIpc) is 2.59. The second-order valence-electron chi connectivity index (χ2n) is 4.70. The van der Waals surface area contributed by atoms with Crippen LogP contribution >= 0.6 is 0 Å². The van der Waals surface area contributed by atoms with E-state index in [9.17, 15) is 19.3 Å². The van der Waals surface area contributed by atoms with Crippen molar-refractivity contribution < 1.29 is 23.6 Å². The summed E-state index contributed by atoms with van der Waals surface area (Å²) in [4.78, 5) is 22.8. The molecule has 0 aliphatic rings. The number of halogens is 1. The minimum absolute atomic E-state index is 0.138. The number of ether oxygens (including phenoxy) is 2. The molecule has 0 aliphatic heterocycles. The Morgan fingerprint density at radius 1 is 1.17 bits per heavy atom. The maximum atomic E-state index is 13.6. The van der Waals surface area contributed by atoms with Gasteiger partial charge in [-0.25, -0.2) is 4.39 Å². The van der Waals surface area contributed by atoms with E-state index in [0.29, 0.717) is 0 Å². The second kappa shape index (κ2) is 7.36. The van der Waals surface area contributed by atoms with Crippen LogP contribution in [0.5, 0.6) is 11.5 Å². The lowest BCUT2D eigenvalue weighted by atomic mass is 10.1. The zero-order valence-electron chi connectivity index (χ0n) is 13.0. The number of nitro benzene ring substituents is 1. The van der Waals surface area contributed by atoms with Crippen molar-refractivity contribution >= 4 is 17.5 Å². The molecule has 0 saturated heterocycles. The third-order valence-electron chi connectivity index (χ3n) is 3.28. The van der Waals surface area contributed by atoms with E-state index in [2.05, 4.69) is 0 Å². The summed E-state index contributed by atoms with van der Waals surface area (Å²) in [5.74, 6) is -0.821. The number of hydrogen-bond acceptors (Lipinski definition) is 5. The zero-order valence-corrected chi connectivity index (χ0v) is 13.0. The highest BCUT2D eigenvalue weighted by molar-refractivity contribution is 6.10. The van der Waals surface area contributed by atoms with Gasteiger partial charge in [0.15, 0.2) is 17.3 Å². The largest absolute Gasteiger partial charge is 0.493 e. The molecule has 0 atom stereocenters. The Bertz CT molecular complexity index is 817. The van der Waals surface area contributed by atoms with Crippen molar-refractivity contribution in [3.63, 3.8) is 0 Å². The van der Waals surface area contributed by atoms with Gasteiger partial charge in [-0.3, -0.25) is 14.9 Å². The molecule has 0 amide bonds. The fourth-order valence-electron chi connectivity index (χ4n) is 2.08. The summed E-state index contributed by atoms with van der Waals surface area (Å²) in [6.07, 6.45) is 2.34. The molecule has 7 heteroatoms. The molecule has 0 spiro atoms. The highest BCUT2D eigenvalue weighted by Crippen LogP contribution is 2.34. The van der Waals surface area contributed by atoms with Gasteiger partial charge in [0.05, 0.1) is 25.2 Å². The number of rotatable bonds is 6. The molecule has 2 aromatic rings. The molecular formula is C17H14FNO5. The van der Waals surface area contributed by atoms with E-state index in [-0.39, 0.29) is 22.6 Å². The van der Waals surface area contributed by atoms with E-state index >= 15 is 0 Å². The van der Waals surface area contributed by atoms with Gasteiger partial charge in [0.25, 0.3) is 5.69 Å². The summed E-state index contributed by atoms with van der Waals surface area (Å²) in [5, 5.41) is 11.2. The predicted octanol–water partition coefficient (Wildman–Crippen LogP) is 3.65. The number of benzene rings is 2. The number of hydrogen-bond donors (Lipinski definition) is 0. The number of methoxy groups -OCH3 is 2. The quantitative estimate of drug-likeness (QED) is 0.349. The lowest BCUT2D eigenvalue weighted by Crippen LogP contribution is -2.03. The minimum atomic E-state index is -0.688. The molecule has 0 fully saturated rings. The van der Waals surface area contributed by atoms with E-state index in [1.165, 1.54) is 44.6 Å². The molecule has 6 nitrogen and oxygen atoms in total. The van der Waals surface area contributed by atoms with Crippen molar-refractivity contribution in [3.8, 4) is 11.5 Å². The van der Waals surface area contributed by atoms with Crippen LogP contribution in [0.2, 0.25) is 0 Å². The first-order chi connectivity index (χ1) is 11.5. The summed E-state index contributed by atoms with van der Waals surface area (Å²) in [6, 6.07) is 8.22. The Hall–Kier alpha value is -3.22. The van der Waals surface area contributed by atoms with E-state index in [1.54, 1.807) is 6.07 Å². The summed E-state index contributed by atoms with van der Waals surface area (Å²) < 4.78 is 23.6. The molecule has 0 bridgehead atoms. The minimum Gasteiger partial charge on any atom is -0.493 e. The van der Waals surface area contributed by atoms with Gasteiger partial charge < -0.3 is 9.47 Å². The summed E-state index contributed by atoms with van der Waals surface area (Å²) >= 11 is 0. The van der Waals surface area contributed by atoms with Crippen molar-refractivity contribution in [3.05, 3.63) is 69.5 Å². The van der Waals surface area contributed by atoms with Crippen LogP contribution in [0.4, 0.5) is 10.1 Å². The third kappa shape index (κ3) is 3.57. The number of carbonyl (C=O) groups is 1.